The van der Waals surface area contributed by atoms with E-state index in [-0.39, 0.29) is 11.0 Å². The zero-order valence-electron chi connectivity index (χ0n) is 11.7. The van der Waals surface area contributed by atoms with E-state index in [0.29, 0.717) is 28.1 Å². The van der Waals surface area contributed by atoms with Gasteiger partial charge in [-0.25, -0.2) is 8.42 Å². The van der Waals surface area contributed by atoms with Crippen LogP contribution in [0.4, 0.5) is 0 Å². The number of likely N-dealkylation sites (N-methyl/N-ethyl adjacent to an activating group) is 1. The van der Waals surface area contributed by atoms with Crippen LogP contribution in [-0.2, 0) is 10.0 Å². The Morgan fingerprint density at radius 1 is 1.45 bits per heavy atom. The Kier molecular flexibility index (Phi) is 4.50. The maximum absolute atomic E-state index is 12.6. The zero-order valence-corrected chi connectivity index (χ0v) is 14.2. The number of hydrogen-bond donors (Lipinski definition) is 1. The van der Waals surface area contributed by atoms with Crippen LogP contribution < -0.4 is 5.73 Å². The smallest absolute Gasteiger partial charge is 0.252 e. The predicted molar refractivity (Wildman–Crippen MR) is 85.6 cm³/mol. The normalized spacial score (nSPS) is 24.4. The highest BCUT2D eigenvalue weighted by molar-refractivity contribution is 7.91. The molecule has 1 aliphatic rings. The molecule has 1 aromatic heterocycles. The van der Waals surface area contributed by atoms with Gasteiger partial charge in [0.2, 0.25) is 0 Å². The Morgan fingerprint density at radius 2 is 2.10 bits per heavy atom. The van der Waals surface area contributed by atoms with Gasteiger partial charge in [-0.2, -0.15) is 4.31 Å². The van der Waals surface area contributed by atoms with Crippen molar-refractivity contribution in [2.75, 3.05) is 27.2 Å². The number of rotatable bonds is 4. The molecule has 2 N–H and O–H groups in total. The lowest BCUT2D eigenvalue weighted by Gasteiger charge is -2.22. The monoisotopic (exact) mass is 333 g/mol. The van der Waals surface area contributed by atoms with Crippen molar-refractivity contribution in [1.29, 1.82) is 0 Å². The van der Waals surface area contributed by atoms with E-state index in [1.54, 1.807) is 16.4 Å². The van der Waals surface area contributed by atoms with E-state index in [0.717, 1.165) is 11.3 Å². The Bertz CT molecular complexity index is 609. The van der Waals surface area contributed by atoms with E-state index in [1.165, 1.54) is 0 Å². The van der Waals surface area contributed by atoms with Crippen molar-refractivity contribution < 1.29 is 8.42 Å². The van der Waals surface area contributed by atoms with Gasteiger partial charge in [0, 0.05) is 19.1 Å². The van der Waals surface area contributed by atoms with Gasteiger partial charge in [-0.1, -0.05) is 19.1 Å². The van der Waals surface area contributed by atoms with Crippen molar-refractivity contribution in [3.63, 3.8) is 0 Å². The van der Waals surface area contributed by atoms with Gasteiger partial charge in [0.05, 0.1) is 4.88 Å². The highest BCUT2D eigenvalue weighted by Gasteiger charge is 2.38. The summed E-state index contributed by atoms with van der Waals surface area (Å²) in [5.41, 5.74) is 5.53. The minimum atomic E-state index is -3.44. The molecular formula is C12H19N3O2S3. The molecule has 0 spiro atoms. The molecule has 1 fully saturated rings. The highest BCUT2D eigenvalue weighted by atomic mass is 32.2. The average Bonchev–Trinajstić information content (AvgIpc) is 2.94. The Balaban J connectivity index is 2.25. The summed E-state index contributed by atoms with van der Waals surface area (Å²) in [4.78, 5) is 2.95. The Morgan fingerprint density at radius 3 is 2.55 bits per heavy atom. The standard InChI is InChI=1S/C12H19N3O2S3/c1-8-6-15(7-9(8)14(2)3)20(16,17)11-5-4-10(19-11)12(13)18/h4-5,8-9H,6-7H2,1-3H3,(H2,13,18). The molecule has 0 radical (unpaired) electrons. The quantitative estimate of drug-likeness (QED) is 0.831. The van der Waals surface area contributed by atoms with Crippen molar-refractivity contribution in [2.24, 2.45) is 11.7 Å². The fourth-order valence-electron chi connectivity index (χ4n) is 2.49. The van der Waals surface area contributed by atoms with Gasteiger partial charge in [0.25, 0.3) is 10.0 Å². The van der Waals surface area contributed by atoms with Crippen LogP contribution in [0.1, 0.15) is 11.8 Å². The van der Waals surface area contributed by atoms with E-state index in [1.807, 2.05) is 14.1 Å². The van der Waals surface area contributed by atoms with Crippen LogP contribution >= 0.6 is 23.6 Å². The minimum Gasteiger partial charge on any atom is -0.389 e. The van der Waals surface area contributed by atoms with Crippen molar-refractivity contribution in [2.45, 2.75) is 17.2 Å². The lowest BCUT2D eigenvalue weighted by atomic mass is 10.1. The van der Waals surface area contributed by atoms with Crippen LogP contribution in [-0.4, -0.2) is 55.8 Å². The van der Waals surface area contributed by atoms with Crippen LogP contribution in [0.15, 0.2) is 16.3 Å². The van der Waals surface area contributed by atoms with Crippen molar-refractivity contribution in [3.8, 4) is 0 Å². The molecule has 0 aliphatic carbocycles. The maximum Gasteiger partial charge on any atom is 0.252 e. The molecule has 20 heavy (non-hydrogen) atoms. The third kappa shape index (κ3) is 2.89. The summed E-state index contributed by atoms with van der Waals surface area (Å²) in [5.74, 6) is 0.315. The number of hydrogen-bond acceptors (Lipinski definition) is 5. The molecule has 2 atom stereocenters. The molecule has 8 heteroatoms. The van der Waals surface area contributed by atoms with Gasteiger partial charge < -0.3 is 10.6 Å². The van der Waals surface area contributed by atoms with Gasteiger partial charge in [-0.05, 0) is 32.1 Å². The second kappa shape index (κ2) is 5.69. The third-order valence-electron chi connectivity index (χ3n) is 3.62. The van der Waals surface area contributed by atoms with Gasteiger partial charge in [-0.15, -0.1) is 11.3 Å². The summed E-state index contributed by atoms with van der Waals surface area (Å²) in [6.07, 6.45) is 0. The number of nitrogens with two attached hydrogens (primary N) is 1. The first-order valence-corrected chi connectivity index (χ1v) is 8.96. The van der Waals surface area contributed by atoms with Gasteiger partial charge in [-0.3, -0.25) is 0 Å². The molecule has 1 aromatic rings. The van der Waals surface area contributed by atoms with Crippen LogP contribution in [0.25, 0.3) is 0 Å². The topological polar surface area (TPSA) is 66.6 Å². The number of sulfonamides is 1. The van der Waals surface area contributed by atoms with Gasteiger partial charge in [0.15, 0.2) is 0 Å². The molecule has 1 aliphatic heterocycles. The first-order valence-electron chi connectivity index (χ1n) is 6.29. The first-order chi connectivity index (χ1) is 9.23. The summed E-state index contributed by atoms with van der Waals surface area (Å²) in [5, 5.41) is 0. The SMILES string of the molecule is CC1CN(S(=O)(=O)c2ccc(C(N)=S)s2)CC1N(C)C. The van der Waals surface area contributed by atoms with E-state index in [4.69, 9.17) is 18.0 Å². The summed E-state index contributed by atoms with van der Waals surface area (Å²) in [7, 11) is 0.518. The molecule has 1 saturated heterocycles. The second-order valence-corrected chi connectivity index (χ2v) is 9.00. The van der Waals surface area contributed by atoms with E-state index in [9.17, 15) is 8.42 Å². The number of thiophene rings is 1. The fraction of sp³-hybridized carbons (Fsp3) is 0.583. The molecular weight excluding hydrogens is 314 g/mol. The second-order valence-electron chi connectivity index (χ2n) is 5.31. The van der Waals surface area contributed by atoms with Crippen LogP contribution in [0, 0.1) is 5.92 Å². The van der Waals surface area contributed by atoms with Crippen molar-refractivity contribution in [3.05, 3.63) is 17.0 Å². The van der Waals surface area contributed by atoms with E-state index in [2.05, 4.69) is 11.8 Å². The fourth-order valence-corrected chi connectivity index (χ4v) is 5.56. The molecule has 112 valence electrons. The van der Waals surface area contributed by atoms with E-state index < -0.39 is 10.0 Å². The maximum atomic E-state index is 12.6. The highest BCUT2D eigenvalue weighted by Crippen LogP contribution is 2.30. The average molecular weight is 334 g/mol. The third-order valence-corrected chi connectivity index (χ3v) is 7.39. The molecule has 0 aromatic carbocycles. The molecule has 0 amide bonds. The summed E-state index contributed by atoms with van der Waals surface area (Å²) >= 11 is 6.01. The van der Waals surface area contributed by atoms with Crippen LogP contribution in [0.5, 0.6) is 0 Å². The predicted octanol–water partition coefficient (Wildman–Crippen LogP) is 0.953. The first kappa shape index (κ1) is 15.8. The Labute approximate surface area is 129 Å². The van der Waals surface area contributed by atoms with Gasteiger partial charge in [0.1, 0.15) is 9.20 Å². The molecule has 2 rings (SSSR count). The lowest BCUT2D eigenvalue weighted by molar-refractivity contribution is 0.263. The summed E-state index contributed by atoms with van der Waals surface area (Å²) in [6.45, 7) is 3.15. The molecule has 2 heterocycles. The van der Waals surface area contributed by atoms with Gasteiger partial charge >= 0.3 is 0 Å². The number of nitrogens with zero attached hydrogens (tertiary/aromatic N) is 2. The number of thiocarbonyl (C=S) groups is 1. The molecule has 0 saturated carbocycles. The largest absolute Gasteiger partial charge is 0.389 e. The van der Waals surface area contributed by atoms with E-state index >= 15 is 0 Å². The molecule has 5 nitrogen and oxygen atoms in total. The zero-order chi connectivity index (χ0) is 15.1. The van der Waals surface area contributed by atoms with Crippen LogP contribution in [0.2, 0.25) is 0 Å². The molecule has 2 unspecified atom stereocenters. The van der Waals surface area contributed by atoms with Crippen molar-refractivity contribution in [1.82, 2.24) is 9.21 Å². The molecule has 0 bridgehead atoms. The lowest BCUT2D eigenvalue weighted by Crippen LogP contribution is -2.35. The van der Waals surface area contributed by atoms with Crippen LogP contribution in [0.3, 0.4) is 0 Å². The summed E-state index contributed by atoms with van der Waals surface area (Å²) < 4.78 is 27.1. The minimum absolute atomic E-state index is 0.234. The summed E-state index contributed by atoms with van der Waals surface area (Å²) in [6, 6.07) is 3.50. The van der Waals surface area contributed by atoms with Crippen molar-refractivity contribution >= 4 is 38.6 Å². The Hall–Kier alpha value is -0.540.